The molecule has 3 N–H and O–H groups in total. The molecule has 0 radical (unpaired) electrons. The molecule has 7 aromatic carbocycles. The Bertz CT molecular complexity index is 2950. The highest BCUT2D eigenvalue weighted by atomic mass is 16.3. The SMILES string of the molecule is NC(=NC(NCc1cccc2c1oc1ccccc12)c1ccc2c(c1)oc1cc(-c3cccc4c3oc3ccccc34)ccc12)c1ccccc1. The van der Waals surface area contributed by atoms with Gasteiger partial charge in [0.1, 0.15) is 45.5 Å². The Hall–Kier alpha value is -6.63. The Morgan fingerprint density at radius 1 is 0.529 bits per heavy atom. The number of benzene rings is 7. The van der Waals surface area contributed by atoms with E-state index in [2.05, 4.69) is 90.2 Å². The van der Waals surface area contributed by atoms with Gasteiger partial charge < -0.3 is 19.0 Å². The van der Waals surface area contributed by atoms with Crippen molar-refractivity contribution in [2.45, 2.75) is 12.7 Å². The van der Waals surface area contributed by atoms with E-state index < -0.39 is 6.17 Å². The molecule has 1 atom stereocenters. The number of fused-ring (bicyclic) bond motifs is 9. The Morgan fingerprint density at radius 2 is 1.14 bits per heavy atom. The lowest BCUT2D eigenvalue weighted by atomic mass is 10.0. The maximum Gasteiger partial charge on any atom is 0.143 e. The van der Waals surface area contributed by atoms with Gasteiger partial charge in [0, 0.05) is 55.6 Å². The van der Waals surface area contributed by atoms with Gasteiger partial charge in [-0.25, -0.2) is 4.99 Å². The van der Waals surface area contributed by atoms with Crippen molar-refractivity contribution in [2.75, 3.05) is 0 Å². The van der Waals surface area contributed by atoms with Gasteiger partial charge >= 0.3 is 0 Å². The number of para-hydroxylation sites is 4. The van der Waals surface area contributed by atoms with Crippen LogP contribution in [0.5, 0.6) is 0 Å². The number of nitrogens with two attached hydrogens (primary N) is 1. The lowest BCUT2D eigenvalue weighted by molar-refractivity contribution is 0.550. The minimum Gasteiger partial charge on any atom is -0.456 e. The molecule has 0 aliphatic carbocycles. The van der Waals surface area contributed by atoms with Gasteiger partial charge in [0.15, 0.2) is 0 Å². The van der Waals surface area contributed by atoms with Crippen LogP contribution in [0.1, 0.15) is 22.9 Å². The highest BCUT2D eigenvalue weighted by Gasteiger charge is 2.18. The molecule has 0 bridgehead atoms. The quantitative estimate of drug-likeness (QED) is 0.131. The van der Waals surface area contributed by atoms with Gasteiger partial charge in [0.05, 0.1) is 0 Å². The van der Waals surface area contributed by atoms with Crippen LogP contribution in [-0.2, 0) is 6.54 Å². The fraction of sp³-hybridized carbons (Fsp3) is 0.0444. The molecule has 244 valence electrons. The highest BCUT2D eigenvalue weighted by molar-refractivity contribution is 6.11. The second-order valence-corrected chi connectivity index (χ2v) is 12.9. The molecule has 0 saturated heterocycles. The maximum absolute atomic E-state index is 6.61. The van der Waals surface area contributed by atoms with Gasteiger partial charge in [-0.1, -0.05) is 121 Å². The summed E-state index contributed by atoms with van der Waals surface area (Å²) in [6.45, 7) is 0.516. The summed E-state index contributed by atoms with van der Waals surface area (Å²) in [7, 11) is 0. The molecule has 0 fully saturated rings. The first-order chi connectivity index (χ1) is 25.2. The van der Waals surface area contributed by atoms with E-state index in [1.807, 2.05) is 66.7 Å². The van der Waals surface area contributed by atoms with Gasteiger partial charge in [-0.2, -0.15) is 0 Å². The summed E-state index contributed by atoms with van der Waals surface area (Å²) in [5.41, 5.74) is 16.6. The van der Waals surface area contributed by atoms with Crippen molar-refractivity contribution in [1.82, 2.24) is 5.32 Å². The predicted octanol–water partition coefficient (Wildman–Crippen LogP) is 11.2. The number of furan rings is 3. The van der Waals surface area contributed by atoms with Gasteiger partial charge in [-0.15, -0.1) is 0 Å². The zero-order chi connectivity index (χ0) is 33.9. The molecule has 0 aliphatic heterocycles. The van der Waals surface area contributed by atoms with Gasteiger partial charge in [-0.05, 0) is 41.5 Å². The van der Waals surface area contributed by atoms with Crippen LogP contribution >= 0.6 is 0 Å². The molecule has 0 spiro atoms. The van der Waals surface area contributed by atoms with E-state index in [0.29, 0.717) is 12.4 Å². The van der Waals surface area contributed by atoms with Gasteiger partial charge in [0.25, 0.3) is 0 Å². The normalized spacial score (nSPS) is 13.0. The first kappa shape index (κ1) is 29.3. The van der Waals surface area contributed by atoms with Crippen LogP contribution in [0, 0.1) is 0 Å². The van der Waals surface area contributed by atoms with E-state index in [1.165, 1.54) is 0 Å². The molecule has 6 heteroatoms. The number of rotatable bonds is 7. The highest BCUT2D eigenvalue weighted by Crippen LogP contribution is 2.39. The molecule has 1 unspecified atom stereocenters. The van der Waals surface area contributed by atoms with Crippen molar-refractivity contribution < 1.29 is 13.3 Å². The third-order valence-electron chi connectivity index (χ3n) is 9.84. The van der Waals surface area contributed by atoms with E-state index in [0.717, 1.165) is 93.6 Å². The lowest BCUT2D eigenvalue weighted by Crippen LogP contribution is -2.24. The fourth-order valence-electron chi connectivity index (χ4n) is 7.32. The minimum atomic E-state index is -0.455. The van der Waals surface area contributed by atoms with Crippen LogP contribution in [0.3, 0.4) is 0 Å². The molecule has 0 aliphatic rings. The second kappa shape index (κ2) is 11.8. The molecule has 10 rings (SSSR count). The topological polar surface area (TPSA) is 89.8 Å². The van der Waals surface area contributed by atoms with Crippen molar-refractivity contribution in [1.29, 1.82) is 0 Å². The summed E-state index contributed by atoms with van der Waals surface area (Å²) < 4.78 is 19.2. The minimum absolute atomic E-state index is 0.448. The Kier molecular flexibility index (Phi) is 6.76. The lowest BCUT2D eigenvalue weighted by Gasteiger charge is -2.17. The zero-order valence-electron chi connectivity index (χ0n) is 27.5. The first-order valence-electron chi connectivity index (χ1n) is 17.1. The van der Waals surface area contributed by atoms with E-state index >= 15 is 0 Å². The molecular weight excluding hydrogens is 631 g/mol. The van der Waals surface area contributed by atoms with Crippen LogP contribution in [-0.4, -0.2) is 5.84 Å². The standard InChI is InChI=1S/C45H31N3O3/c46-44(27-10-2-1-3-11-27)48-45(47-26-30-12-8-16-36-32-13-4-6-18-38(32)50-42(30)36)29-21-23-35-34-22-20-28(24-40(34)49-41(35)25-29)31-15-9-17-37-33-14-5-7-19-39(33)51-43(31)37/h1-25,45,47H,26H2,(H2,46,48). The number of nitrogens with zero attached hydrogens (tertiary/aromatic N) is 1. The summed E-state index contributed by atoms with van der Waals surface area (Å²) in [4.78, 5) is 5.02. The van der Waals surface area contributed by atoms with Gasteiger partial charge in [-0.3, -0.25) is 5.32 Å². The monoisotopic (exact) mass is 661 g/mol. The number of hydrogen-bond donors (Lipinski definition) is 2. The summed E-state index contributed by atoms with van der Waals surface area (Å²) >= 11 is 0. The summed E-state index contributed by atoms with van der Waals surface area (Å²) in [5.74, 6) is 0.448. The molecule has 3 aromatic heterocycles. The van der Waals surface area contributed by atoms with E-state index in [9.17, 15) is 0 Å². The van der Waals surface area contributed by atoms with E-state index in [-0.39, 0.29) is 0 Å². The third kappa shape index (κ3) is 4.96. The maximum atomic E-state index is 6.61. The number of nitrogens with one attached hydrogen (secondary N) is 1. The number of hydrogen-bond acceptors (Lipinski definition) is 5. The van der Waals surface area contributed by atoms with Crippen molar-refractivity contribution in [3.05, 3.63) is 168 Å². The Morgan fingerprint density at radius 3 is 1.92 bits per heavy atom. The molecule has 3 heterocycles. The average molecular weight is 662 g/mol. The predicted molar refractivity (Wildman–Crippen MR) is 207 cm³/mol. The summed E-state index contributed by atoms with van der Waals surface area (Å²) in [5, 5.41) is 10.2. The average Bonchev–Trinajstić information content (AvgIpc) is 3.87. The van der Waals surface area contributed by atoms with Crippen LogP contribution in [0.2, 0.25) is 0 Å². The molecule has 0 saturated carbocycles. The summed E-state index contributed by atoms with van der Waals surface area (Å²) in [6.07, 6.45) is -0.455. The van der Waals surface area contributed by atoms with E-state index in [1.54, 1.807) is 0 Å². The van der Waals surface area contributed by atoms with Crippen LogP contribution in [0.4, 0.5) is 0 Å². The largest absolute Gasteiger partial charge is 0.456 e. The number of aliphatic imine (C=N–C) groups is 1. The molecule has 6 nitrogen and oxygen atoms in total. The van der Waals surface area contributed by atoms with Crippen molar-refractivity contribution >= 4 is 71.7 Å². The molecule has 10 aromatic rings. The third-order valence-corrected chi connectivity index (χ3v) is 9.84. The fourth-order valence-corrected chi connectivity index (χ4v) is 7.32. The molecular formula is C45H31N3O3. The van der Waals surface area contributed by atoms with Crippen molar-refractivity contribution in [3.63, 3.8) is 0 Å². The van der Waals surface area contributed by atoms with E-state index in [4.69, 9.17) is 24.0 Å². The molecule has 0 amide bonds. The smallest absolute Gasteiger partial charge is 0.143 e. The number of amidine groups is 1. The second-order valence-electron chi connectivity index (χ2n) is 12.9. The van der Waals surface area contributed by atoms with Crippen LogP contribution in [0.25, 0.3) is 76.9 Å². The Labute approximate surface area is 292 Å². The van der Waals surface area contributed by atoms with Crippen molar-refractivity contribution in [2.24, 2.45) is 10.7 Å². The Balaban J connectivity index is 1.04. The van der Waals surface area contributed by atoms with Crippen molar-refractivity contribution in [3.8, 4) is 11.1 Å². The molecule has 51 heavy (non-hydrogen) atoms. The van der Waals surface area contributed by atoms with Crippen LogP contribution in [0.15, 0.2) is 170 Å². The summed E-state index contributed by atoms with van der Waals surface area (Å²) in [6, 6.07) is 51.3. The van der Waals surface area contributed by atoms with Crippen LogP contribution < -0.4 is 11.1 Å². The van der Waals surface area contributed by atoms with Gasteiger partial charge in [0.2, 0.25) is 0 Å². The first-order valence-corrected chi connectivity index (χ1v) is 17.1. The zero-order valence-corrected chi connectivity index (χ0v) is 27.5.